The number of hydrogen-bond donors (Lipinski definition) is 1. The van der Waals surface area contributed by atoms with Crippen molar-refractivity contribution in [3.05, 3.63) is 16.6 Å². The van der Waals surface area contributed by atoms with Crippen LogP contribution >= 0.6 is 11.3 Å². The first kappa shape index (κ1) is 11.0. The summed E-state index contributed by atoms with van der Waals surface area (Å²) in [6.45, 7) is 6.74. The lowest BCUT2D eigenvalue weighted by atomic mass is 10.2. The molecule has 3 nitrogen and oxygen atoms in total. The Kier molecular flexibility index (Phi) is 4.11. The van der Waals surface area contributed by atoms with Crippen molar-refractivity contribution in [1.29, 1.82) is 0 Å². The molecule has 1 aliphatic heterocycles. The molecule has 2 rings (SSSR count). The third kappa shape index (κ3) is 3.00. The Morgan fingerprint density at radius 2 is 2.60 bits per heavy atom. The Labute approximate surface area is 95.5 Å². The molecule has 1 aromatic rings. The second kappa shape index (κ2) is 5.58. The number of likely N-dealkylation sites (N-methyl/N-ethyl adjacent to an activating group) is 1. The van der Waals surface area contributed by atoms with E-state index in [4.69, 9.17) is 0 Å². The molecule has 4 heteroatoms. The zero-order chi connectivity index (χ0) is 10.5. The molecule has 84 valence electrons. The number of nitrogens with zero attached hydrogens (tertiary/aromatic N) is 2. The van der Waals surface area contributed by atoms with Crippen molar-refractivity contribution >= 4 is 11.3 Å². The molecule has 1 fully saturated rings. The molecule has 1 aromatic heterocycles. The zero-order valence-electron chi connectivity index (χ0n) is 9.28. The summed E-state index contributed by atoms with van der Waals surface area (Å²) < 4.78 is 0. The van der Waals surface area contributed by atoms with E-state index in [1.165, 1.54) is 30.9 Å². The van der Waals surface area contributed by atoms with E-state index in [0.717, 1.165) is 19.1 Å². The van der Waals surface area contributed by atoms with E-state index in [2.05, 4.69) is 22.1 Å². The van der Waals surface area contributed by atoms with Gasteiger partial charge in [0.15, 0.2) is 0 Å². The summed E-state index contributed by atoms with van der Waals surface area (Å²) in [6, 6.07) is 0.745. The molecule has 1 N–H and O–H groups in total. The standard InChI is InChI=1S/C11H19N3S/c1-2-14-6-3-4-10(14)8-12-9-11-13-5-7-15-11/h5,7,10,12H,2-4,6,8-9H2,1H3. The molecule has 1 unspecified atom stereocenters. The minimum atomic E-state index is 0.745. The average molecular weight is 225 g/mol. The van der Waals surface area contributed by atoms with Crippen molar-refractivity contribution in [3.63, 3.8) is 0 Å². The highest BCUT2D eigenvalue weighted by Crippen LogP contribution is 2.15. The van der Waals surface area contributed by atoms with E-state index in [-0.39, 0.29) is 0 Å². The lowest BCUT2D eigenvalue weighted by Gasteiger charge is -2.22. The highest BCUT2D eigenvalue weighted by molar-refractivity contribution is 7.09. The van der Waals surface area contributed by atoms with Crippen molar-refractivity contribution in [2.75, 3.05) is 19.6 Å². The van der Waals surface area contributed by atoms with Gasteiger partial charge in [0.25, 0.3) is 0 Å². The van der Waals surface area contributed by atoms with Gasteiger partial charge in [-0.2, -0.15) is 0 Å². The summed E-state index contributed by atoms with van der Waals surface area (Å²) >= 11 is 1.72. The molecule has 0 saturated carbocycles. The molecule has 2 heterocycles. The van der Waals surface area contributed by atoms with Crippen LogP contribution in [0.25, 0.3) is 0 Å². The van der Waals surface area contributed by atoms with Crippen molar-refractivity contribution in [3.8, 4) is 0 Å². The van der Waals surface area contributed by atoms with Gasteiger partial charge in [-0.1, -0.05) is 6.92 Å². The van der Waals surface area contributed by atoms with Crippen LogP contribution in [0.2, 0.25) is 0 Å². The van der Waals surface area contributed by atoms with Gasteiger partial charge >= 0.3 is 0 Å². The largest absolute Gasteiger partial charge is 0.309 e. The Balaban J connectivity index is 1.69. The molecule has 0 amide bonds. The van der Waals surface area contributed by atoms with Gasteiger partial charge in [0, 0.05) is 30.7 Å². The fourth-order valence-corrected chi connectivity index (χ4v) is 2.81. The van der Waals surface area contributed by atoms with Crippen LogP contribution in [0.15, 0.2) is 11.6 Å². The van der Waals surface area contributed by atoms with E-state index in [0.29, 0.717) is 0 Å². The summed E-state index contributed by atoms with van der Waals surface area (Å²) in [7, 11) is 0. The number of likely N-dealkylation sites (tertiary alicyclic amines) is 1. The number of aromatic nitrogens is 1. The monoisotopic (exact) mass is 225 g/mol. The molecular formula is C11H19N3S. The van der Waals surface area contributed by atoms with Gasteiger partial charge in [-0.15, -0.1) is 11.3 Å². The fraction of sp³-hybridized carbons (Fsp3) is 0.727. The Morgan fingerprint density at radius 3 is 3.33 bits per heavy atom. The Morgan fingerprint density at radius 1 is 1.67 bits per heavy atom. The van der Waals surface area contributed by atoms with E-state index >= 15 is 0 Å². The van der Waals surface area contributed by atoms with E-state index < -0.39 is 0 Å². The van der Waals surface area contributed by atoms with Crippen LogP contribution in [0.1, 0.15) is 24.8 Å². The lowest BCUT2D eigenvalue weighted by Crippen LogP contribution is -2.37. The molecule has 0 aromatic carbocycles. The fourth-order valence-electron chi connectivity index (χ4n) is 2.23. The second-order valence-electron chi connectivity index (χ2n) is 3.98. The van der Waals surface area contributed by atoms with Crippen LogP contribution in [0.4, 0.5) is 0 Å². The highest BCUT2D eigenvalue weighted by atomic mass is 32.1. The highest BCUT2D eigenvalue weighted by Gasteiger charge is 2.21. The molecule has 0 spiro atoms. The van der Waals surface area contributed by atoms with Gasteiger partial charge in [0.1, 0.15) is 5.01 Å². The molecule has 0 bridgehead atoms. The molecule has 0 aliphatic carbocycles. The number of hydrogen-bond acceptors (Lipinski definition) is 4. The van der Waals surface area contributed by atoms with Crippen molar-refractivity contribution in [2.24, 2.45) is 0 Å². The smallest absolute Gasteiger partial charge is 0.106 e. The summed E-state index contributed by atoms with van der Waals surface area (Å²) in [4.78, 5) is 6.83. The minimum Gasteiger partial charge on any atom is -0.309 e. The third-order valence-electron chi connectivity index (χ3n) is 3.04. The Hall–Kier alpha value is -0.450. The normalized spacial score (nSPS) is 22.3. The summed E-state index contributed by atoms with van der Waals surface area (Å²) in [6.07, 6.45) is 4.58. The van der Waals surface area contributed by atoms with Gasteiger partial charge in [0.2, 0.25) is 0 Å². The lowest BCUT2D eigenvalue weighted by molar-refractivity contribution is 0.260. The number of thiazole rings is 1. The van der Waals surface area contributed by atoms with Crippen LogP contribution in [0.3, 0.4) is 0 Å². The van der Waals surface area contributed by atoms with Gasteiger partial charge < -0.3 is 5.32 Å². The zero-order valence-corrected chi connectivity index (χ0v) is 10.1. The molecule has 1 saturated heterocycles. The van der Waals surface area contributed by atoms with Crippen molar-refractivity contribution in [1.82, 2.24) is 15.2 Å². The SMILES string of the molecule is CCN1CCCC1CNCc1nccs1. The summed E-state index contributed by atoms with van der Waals surface area (Å²) in [5, 5.41) is 6.72. The van der Waals surface area contributed by atoms with E-state index in [1.54, 1.807) is 11.3 Å². The predicted octanol–water partition coefficient (Wildman–Crippen LogP) is 1.72. The molecular weight excluding hydrogens is 206 g/mol. The van der Waals surface area contributed by atoms with Gasteiger partial charge in [-0.25, -0.2) is 4.98 Å². The van der Waals surface area contributed by atoms with Gasteiger partial charge in [0.05, 0.1) is 0 Å². The van der Waals surface area contributed by atoms with E-state index in [9.17, 15) is 0 Å². The first-order valence-electron chi connectivity index (χ1n) is 5.73. The first-order valence-corrected chi connectivity index (χ1v) is 6.61. The van der Waals surface area contributed by atoms with Gasteiger partial charge in [-0.3, -0.25) is 4.90 Å². The molecule has 15 heavy (non-hydrogen) atoms. The van der Waals surface area contributed by atoms with Crippen LogP contribution in [0, 0.1) is 0 Å². The maximum Gasteiger partial charge on any atom is 0.106 e. The van der Waals surface area contributed by atoms with Gasteiger partial charge in [-0.05, 0) is 25.9 Å². The summed E-state index contributed by atoms with van der Waals surface area (Å²) in [5.41, 5.74) is 0. The van der Waals surface area contributed by atoms with Crippen molar-refractivity contribution < 1.29 is 0 Å². The number of nitrogens with one attached hydrogen (secondary N) is 1. The van der Waals surface area contributed by atoms with E-state index in [1.807, 2.05) is 11.6 Å². The van der Waals surface area contributed by atoms with Crippen LogP contribution < -0.4 is 5.32 Å². The maximum absolute atomic E-state index is 4.26. The van der Waals surface area contributed by atoms with Crippen molar-refractivity contribution in [2.45, 2.75) is 32.4 Å². The Bertz CT molecular complexity index is 273. The third-order valence-corrected chi connectivity index (χ3v) is 3.82. The maximum atomic E-state index is 4.26. The first-order chi connectivity index (χ1) is 7.40. The van der Waals surface area contributed by atoms with Crippen LogP contribution in [-0.2, 0) is 6.54 Å². The molecule has 1 aliphatic rings. The van der Waals surface area contributed by atoms with Crippen LogP contribution in [0.5, 0.6) is 0 Å². The average Bonchev–Trinajstić information content (AvgIpc) is 2.88. The molecule has 0 radical (unpaired) electrons. The number of rotatable bonds is 5. The quantitative estimate of drug-likeness (QED) is 0.827. The summed E-state index contributed by atoms with van der Waals surface area (Å²) in [5.74, 6) is 0. The molecule has 1 atom stereocenters. The second-order valence-corrected chi connectivity index (χ2v) is 4.96. The van der Waals surface area contributed by atoms with Crippen LogP contribution in [-0.4, -0.2) is 35.6 Å². The minimum absolute atomic E-state index is 0.745. The topological polar surface area (TPSA) is 28.2 Å². The predicted molar refractivity (Wildman–Crippen MR) is 64.1 cm³/mol.